The van der Waals surface area contributed by atoms with Gasteiger partial charge in [-0.1, -0.05) is 36.4 Å². The van der Waals surface area contributed by atoms with Crippen molar-refractivity contribution >= 4 is 0 Å². The summed E-state index contributed by atoms with van der Waals surface area (Å²) >= 11 is 0. The topological polar surface area (TPSA) is 34.0 Å². The van der Waals surface area contributed by atoms with Crippen molar-refractivity contribution in [2.24, 2.45) is 0 Å². The molecule has 1 aliphatic heterocycles. The Morgan fingerprint density at radius 2 is 1.81 bits per heavy atom. The lowest BCUT2D eigenvalue weighted by atomic mass is 9.93. The van der Waals surface area contributed by atoms with Crippen molar-refractivity contribution in [3.05, 3.63) is 78.5 Å². The number of benzene rings is 1. The zero-order valence-corrected chi connectivity index (χ0v) is 15.2. The van der Waals surface area contributed by atoms with Crippen molar-refractivity contribution in [3.8, 4) is 5.82 Å². The Labute approximate surface area is 155 Å². The van der Waals surface area contributed by atoms with Crippen LogP contribution in [0.5, 0.6) is 0 Å². The van der Waals surface area contributed by atoms with Crippen molar-refractivity contribution in [1.29, 1.82) is 0 Å². The summed E-state index contributed by atoms with van der Waals surface area (Å²) in [4.78, 5) is 11.6. The van der Waals surface area contributed by atoms with Crippen LogP contribution in [0.2, 0.25) is 0 Å². The van der Waals surface area contributed by atoms with E-state index in [1.807, 2.05) is 16.8 Å². The second kappa shape index (κ2) is 8.28. The van der Waals surface area contributed by atoms with Gasteiger partial charge in [0.2, 0.25) is 0 Å². The minimum atomic E-state index is 0.573. The molecule has 1 fully saturated rings. The van der Waals surface area contributed by atoms with Crippen LogP contribution in [0.1, 0.15) is 36.4 Å². The van der Waals surface area contributed by atoms with Crippen molar-refractivity contribution < 1.29 is 0 Å². The smallest absolute Gasteiger partial charge is 0.138 e. The van der Waals surface area contributed by atoms with Gasteiger partial charge >= 0.3 is 0 Å². The number of hydrogen-bond donors (Lipinski definition) is 0. The third-order valence-corrected chi connectivity index (χ3v) is 5.31. The van der Waals surface area contributed by atoms with E-state index in [-0.39, 0.29) is 0 Å². The molecule has 26 heavy (non-hydrogen) atoms. The van der Waals surface area contributed by atoms with Crippen LogP contribution in [0.4, 0.5) is 0 Å². The van der Waals surface area contributed by atoms with Crippen LogP contribution >= 0.6 is 0 Å². The summed E-state index contributed by atoms with van der Waals surface area (Å²) in [6, 6.07) is 17.1. The molecule has 0 N–H and O–H groups in total. The molecular weight excluding hydrogens is 320 g/mol. The van der Waals surface area contributed by atoms with E-state index in [4.69, 9.17) is 4.98 Å². The van der Waals surface area contributed by atoms with Crippen LogP contribution in [0, 0.1) is 0 Å². The third-order valence-electron chi connectivity index (χ3n) is 5.31. The monoisotopic (exact) mass is 346 g/mol. The highest BCUT2D eigenvalue weighted by Crippen LogP contribution is 2.27. The van der Waals surface area contributed by atoms with E-state index < -0.39 is 0 Å². The molecule has 0 unspecified atom stereocenters. The lowest BCUT2D eigenvalue weighted by molar-refractivity contribution is 0.209. The highest BCUT2D eigenvalue weighted by atomic mass is 15.1. The maximum absolute atomic E-state index is 4.87. The van der Waals surface area contributed by atoms with Gasteiger partial charge in [0.15, 0.2) is 0 Å². The van der Waals surface area contributed by atoms with Gasteiger partial charge in [-0.2, -0.15) is 0 Å². The summed E-state index contributed by atoms with van der Waals surface area (Å²) in [7, 11) is 0. The Morgan fingerprint density at radius 1 is 0.962 bits per heavy atom. The van der Waals surface area contributed by atoms with Crippen LogP contribution in [0.15, 0.2) is 67.3 Å². The molecule has 0 aliphatic carbocycles. The quantitative estimate of drug-likeness (QED) is 0.674. The van der Waals surface area contributed by atoms with Crippen LogP contribution < -0.4 is 0 Å². The largest absolute Gasteiger partial charge is 0.303 e. The van der Waals surface area contributed by atoms with E-state index in [0.29, 0.717) is 5.92 Å². The van der Waals surface area contributed by atoms with E-state index in [1.165, 1.54) is 56.6 Å². The molecule has 0 spiro atoms. The summed E-state index contributed by atoms with van der Waals surface area (Å²) in [5.41, 5.74) is 2.67. The van der Waals surface area contributed by atoms with Crippen molar-refractivity contribution in [2.45, 2.75) is 31.6 Å². The predicted molar refractivity (Wildman–Crippen MR) is 105 cm³/mol. The highest BCUT2D eigenvalue weighted by Gasteiger charge is 2.21. The van der Waals surface area contributed by atoms with Gasteiger partial charge in [0.25, 0.3) is 0 Å². The number of aromatic nitrogens is 3. The number of aryl methyl sites for hydroxylation is 1. The molecule has 4 rings (SSSR count). The Kier molecular flexibility index (Phi) is 5.41. The van der Waals surface area contributed by atoms with Gasteiger partial charge in [0.1, 0.15) is 12.1 Å². The minimum absolute atomic E-state index is 0.573. The van der Waals surface area contributed by atoms with Gasteiger partial charge in [-0.05, 0) is 63.0 Å². The van der Waals surface area contributed by atoms with E-state index in [1.54, 1.807) is 12.5 Å². The molecule has 4 nitrogen and oxygen atoms in total. The van der Waals surface area contributed by atoms with Crippen molar-refractivity contribution in [3.63, 3.8) is 0 Å². The van der Waals surface area contributed by atoms with Crippen LogP contribution in [-0.2, 0) is 6.42 Å². The number of likely N-dealkylation sites (tertiary alicyclic amines) is 1. The van der Waals surface area contributed by atoms with E-state index in [2.05, 4.69) is 52.3 Å². The normalized spacial score (nSPS) is 16.0. The first-order valence-corrected chi connectivity index (χ1v) is 9.60. The van der Waals surface area contributed by atoms with Crippen LogP contribution in [-0.4, -0.2) is 39.1 Å². The van der Waals surface area contributed by atoms with E-state index in [0.717, 1.165) is 5.82 Å². The summed E-state index contributed by atoms with van der Waals surface area (Å²) in [6.45, 7) is 3.55. The Hall–Kier alpha value is -2.46. The molecular formula is C22H26N4. The molecule has 0 atom stereocenters. The molecule has 134 valence electrons. The number of pyridine rings is 1. The number of hydrogen-bond acceptors (Lipinski definition) is 3. The zero-order valence-electron chi connectivity index (χ0n) is 15.2. The zero-order chi connectivity index (χ0) is 17.6. The van der Waals surface area contributed by atoms with Gasteiger partial charge in [-0.25, -0.2) is 9.97 Å². The van der Waals surface area contributed by atoms with Crippen LogP contribution in [0.25, 0.3) is 5.82 Å². The molecule has 2 aromatic heterocycles. The first-order valence-electron chi connectivity index (χ1n) is 9.60. The fourth-order valence-electron chi connectivity index (χ4n) is 3.81. The molecule has 1 saturated heterocycles. The second-order valence-electron chi connectivity index (χ2n) is 7.10. The Bertz CT molecular complexity index is 790. The van der Waals surface area contributed by atoms with Gasteiger partial charge in [-0.15, -0.1) is 0 Å². The molecule has 0 saturated carbocycles. The second-order valence-corrected chi connectivity index (χ2v) is 7.10. The number of nitrogens with zero attached hydrogens (tertiary/aromatic N) is 4. The first-order chi connectivity index (χ1) is 12.9. The maximum Gasteiger partial charge on any atom is 0.138 e. The maximum atomic E-state index is 4.87. The molecule has 0 bridgehead atoms. The molecule has 3 aromatic rings. The first kappa shape index (κ1) is 17.0. The number of rotatable bonds is 6. The van der Waals surface area contributed by atoms with E-state index in [9.17, 15) is 0 Å². The van der Waals surface area contributed by atoms with Gasteiger partial charge < -0.3 is 4.90 Å². The van der Waals surface area contributed by atoms with Crippen LogP contribution in [0.3, 0.4) is 0 Å². The summed E-state index contributed by atoms with van der Waals surface area (Å²) in [5.74, 6) is 1.54. The molecule has 4 heteroatoms. The molecule has 1 aliphatic rings. The lowest BCUT2D eigenvalue weighted by Gasteiger charge is -2.31. The average molecular weight is 346 g/mol. The van der Waals surface area contributed by atoms with E-state index >= 15 is 0 Å². The Balaban J connectivity index is 1.28. The van der Waals surface area contributed by atoms with Gasteiger partial charge in [-0.3, -0.25) is 4.57 Å². The fraction of sp³-hybridized carbons (Fsp3) is 0.364. The summed E-state index contributed by atoms with van der Waals surface area (Å²) < 4.78 is 1.97. The molecule has 0 radical (unpaired) electrons. The minimum Gasteiger partial charge on any atom is -0.303 e. The standard InChI is InChI=1S/C22H26N4/c1-2-6-19(7-3-1)8-5-14-25-15-11-20(12-16-25)21-9-4-10-22(24-21)26-17-13-23-18-26/h1-4,6-7,9-10,13,17-18,20H,5,8,11-12,14-16H2. The molecule has 0 amide bonds. The number of piperidine rings is 1. The third kappa shape index (κ3) is 4.20. The fourth-order valence-corrected chi connectivity index (χ4v) is 3.81. The van der Waals surface area contributed by atoms with Gasteiger partial charge in [0, 0.05) is 24.0 Å². The SMILES string of the molecule is c1ccc(CCCN2CCC(c3cccc(-n4ccnc4)n3)CC2)cc1. The highest BCUT2D eigenvalue weighted by molar-refractivity contribution is 5.26. The predicted octanol–water partition coefficient (Wildman–Crippen LogP) is 4.08. The summed E-state index contributed by atoms with van der Waals surface area (Å²) in [6.07, 6.45) is 10.4. The number of imidazole rings is 1. The molecule has 3 heterocycles. The van der Waals surface area contributed by atoms with Crippen molar-refractivity contribution in [2.75, 3.05) is 19.6 Å². The lowest BCUT2D eigenvalue weighted by Crippen LogP contribution is -2.34. The van der Waals surface area contributed by atoms with Crippen molar-refractivity contribution in [1.82, 2.24) is 19.4 Å². The molecule has 1 aromatic carbocycles. The Morgan fingerprint density at radius 3 is 2.58 bits per heavy atom. The average Bonchev–Trinajstić information content (AvgIpc) is 3.24. The van der Waals surface area contributed by atoms with Gasteiger partial charge in [0.05, 0.1) is 0 Å². The summed E-state index contributed by atoms with van der Waals surface area (Å²) in [5, 5.41) is 0.